The van der Waals surface area contributed by atoms with E-state index in [0.717, 1.165) is 22.8 Å². The molecule has 6 heteroatoms. The SMILES string of the molecule is Cc1nc(NCc2cc(Br)cs2)n(C)n1. The van der Waals surface area contributed by atoms with Crippen molar-refractivity contribution in [3.63, 3.8) is 0 Å². The normalized spacial score (nSPS) is 10.6. The lowest BCUT2D eigenvalue weighted by molar-refractivity contribution is 0.758. The summed E-state index contributed by atoms with van der Waals surface area (Å²) in [5.74, 6) is 1.59. The van der Waals surface area contributed by atoms with Crippen molar-refractivity contribution in [3.8, 4) is 0 Å². The van der Waals surface area contributed by atoms with Crippen LogP contribution >= 0.6 is 27.3 Å². The van der Waals surface area contributed by atoms with Gasteiger partial charge >= 0.3 is 0 Å². The summed E-state index contributed by atoms with van der Waals surface area (Å²) < 4.78 is 2.87. The summed E-state index contributed by atoms with van der Waals surface area (Å²) >= 11 is 5.14. The molecule has 0 spiro atoms. The van der Waals surface area contributed by atoms with Gasteiger partial charge in [0.05, 0.1) is 6.54 Å². The minimum atomic E-state index is 0.780. The van der Waals surface area contributed by atoms with Gasteiger partial charge < -0.3 is 5.32 Å². The average Bonchev–Trinajstić information content (AvgIpc) is 2.70. The van der Waals surface area contributed by atoms with E-state index in [9.17, 15) is 0 Å². The highest BCUT2D eigenvalue weighted by Crippen LogP contribution is 2.20. The fourth-order valence-electron chi connectivity index (χ4n) is 1.28. The van der Waals surface area contributed by atoms with E-state index >= 15 is 0 Å². The van der Waals surface area contributed by atoms with E-state index < -0.39 is 0 Å². The van der Waals surface area contributed by atoms with Gasteiger partial charge in [0.25, 0.3) is 0 Å². The molecule has 1 N–H and O–H groups in total. The summed E-state index contributed by atoms with van der Waals surface area (Å²) in [7, 11) is 1.88. The molecule has 0 fully saturated rings. The molecule has 4 nitrogen and oxygen atoms in total. The van der Waals surface area contributed by atoms with Crippen molar-refractivity contribution in [3.05, 3.63) is 26.6 Å². The maximum Gasteiger partial charge on any atom is 0.221 e. The fraction of sp³-hybridized carbons (Fsp3) is 0.333. The number of nitrogens with zero attached hydrogens (tertiary/aromatic N) is 3. The summed E-state index contributed by atoms with van der Waals surface area (Å²) in [6, 6.07) is 2.10. The van der Waals surface area contributed by atoms with E-state index in [2.05, 4.69) is 42.8 Å². The molecule has 80 valence electrons. The standard InChI is InChI=1S/C9H11BrN4S/c1-6-12-9(14(2)13-6)11-4-8-3-7(10)5-15-8/h3,5H,4H2,1-2H3,(H,11,12,13). The Hall–Kier alpha value is -0.880. The minimum absolute atomic E-state index is 0.780. The van der Waals surface area contributed by atoms with Crippen LogP contribution in [0.15, 0.2) is 15.9 Å². The molecule has 2 aromatic rings. The Bertz CT molecular complexity index is 462. The molecule has 0 radical (unpaired) electrons. The molecule has 0 bridgehead atoms. The molecule has 2 aromatic heterocycles. The largest absolute Gasteiger partial charge is 0.350 e. The number of nitrogens with one attached hydrogen (secondary N) is 1. The number of hydrogen-bond donors (Lipinski definition) is 1. The first-order valence-corrected chi connectivity index (χ1v) is 6.17. The number of hydrogen-bond acceptors (Lipinski definition) is 4. The topological polar surface area (TPSA) is 42.7 Å². The predicted molar refractivity (Wildman–Crippen MR) is 65.1 cm³/mol. The molecule has 0 aromatic carbocycles. The third-order valence-electron chi connectivity index (χ3n) is 1.91. The molecule has 0 unspecified atom stereocenters. The number of anilines is 1. The number of aromatic nitrogens is 3. The van der Waals surface area contributed by atoms with E-state index in [-0.39, 0.29) is 0 Å². The molecule has 0 saturated carbocycles. The van der Waals surface area contributed by atoms with E-state index in [0.29, 0.717) is 0 Å². The van der Waals surface area contributed by atoms with Crippen molar-refractivity contribution in [2.75, 3.05) is 5.32 Å². The van der Waals surface area contributed by atoms with E-state index in [1.165, 1.54) is 4.88 Å². The smallest absolute Gasteiger partial charge is 0.221 e. The first-order valence-electron chi connectivity index (χ1n) is 4.49. The van der Waals surface area contributed by atoms with Crippen LogP contribution < -0.4 is 5.32 Å². The lowest BCUT2D eigenvalue weighted by atomic mass is 10.5. The summed E-state index contributed by atoms with van der Waals surface area (Å²) in [5, 5.41) is 9.48. The molecular weight excluding hydrogens is 276 g/mol. The Morgan fingerprint density at radius 2 is 2.40 bits per heavy atom. The molecule has 15 heavy (non-hydrogen) atoms. The number of aryl methyl sites for hydroxylation is 2. The van der Waals surface area contributed by atoms with Crippen molar-refractivity contribution in [1.29, 1.82) is 0 Å². The highest BCUT2D eigenvalue weighted by atomic mass is 79.9. The highest BCUT2D eigenvalue weighted by molar-refractivity contribution is 9.10. The van der Waals surface area contributed by atoms with E-state index in [1.54, 1.807) is 16.0 Å². The van der Waals surface area contributed by atoms with Gasteiger partial charge in [-0.1, -0.05) is 0 Å². The molecular formula is C9H11BrN4S. The van der Waals surface area contributed by atoms with Crippen molar-refractivity contribution in [1.82, 2.24) is 14.8 Å². The van der Waals surface area contributed by atoms with Gasteiger partial charge in [-0.25, -0.2) is 4.68 Å². The van der Waals surface area contributed by atoms with Crippen LogP contribution in [0.25, 0.3) is 0 Å². The second-order valence-corrected chi connectivity index (χ2v) is 5.10. The van der Waals surface area contributed by atoms with Gasteiger partial charge in [-0.05, 0) is 28.9 Å². The first kappa shape index (κ1) is 10.6. The predicted octanol–water partition coefficient (Wildman–Crippen LogP) is 2.56. The maximum atomic E-state index is 4.27. The van der Waals surface area contributed by atoms with Crippen molar-refractivity contribution >= 4 is 33.2 Å². The third kappa shape index (κ3) is 2.57. The number of rotatable bonds is 3. The molecule has 0 aliphatic carbocycles. The molecule has 2 rings (SSSR count). The molecule has 0 atom stereocenters. The molecule has 0 amide bonds. The van der Waals surface area contributed by atoms with Crippen molar-refractivity contribution in [2.45, 2.75) is 13.5 Å². The number of thiophene rings is 1. The number of halogens is 1. The zero-order valence-electron chi connectivity index (χ0n) is 8.49. The Morgan fingerprint density at radius 1 is 1.60 bits per heavy atom. The lowest BCUT2D eigenvalue weighted by Crippen LogP contribution is -2.04. The van der Waals surface area contributed by atoms with Crippen molar-refractivity contribution < 1.29 is 0 Å². The van der Waals surface area contributed by atoms with Crippen LogP contribution in [0.4, 0.5) is 5.95 Å². The van der Waals surface area contributed by atoms with Gasteiger partial charge in [0.1, 0.15) is 5.82 Å². The quantitative estimate of drug-likeness (QED) is 0.943. The second kappa shape index (κ2) is 4.32. The Morgan fingerprint density at radius 3 is 2.93 bits per heavy atom. The minimum Gasteiger partial charge on any atom is -0.350 e. The highest BCUT2D eigenvalue weighted by Gasteiger charge is 2.03. The third-order valence-corrected chi connectivity index (χ3v) is 3.61. The summed E-state index contributed by atoms with van der Waals surface area (Å²) in [6.45, 7) is 2.66. The maximum absolute atomic E-state index is 4.27. The lowest BCUT2D eigenvalue weighted by Gasteiger charge is -2.01. The van der Waals surface area contributed by atoms with Crippen LogP contribution in [0.3, 0.4) is 0 Å². The Labute approximate surface area is 100 Å². The summed E-state index contributed by atoms with van der Waals surface area (Å²) in [4.78, 5) is 5.53. The van der Waals surface area contributed by atoms with Gasteiger partial charge in [-0.3, -0.25) is 0 Å². The van der Waals surface area contributed by atoms with E-state index in [1.807, 2.05) is 14.0 Å². The molecule has 0 saturated heterocycles. The molecule has 0 aliphatic heterocycles. The van der Waals surface area contributed by atoms with Crippen LogP contribution in [0.2, 0.25) is 0 Å². The summed E-state index contributed by atoms with van der Waals surface area (Å²) in [6.07, 6.45) is 0. The fourth-order valence-corrected chi connectivity index (χ4v) is 2.67. The van der Waals surface area contributed by atoms with E-state index in [4.69, 9.17) is 0 Å². The second-order valence-electron chi connectivity index (χ2n) is 3.19. The Balaban J connectivity index is 2.01. The Kier molecular flexibility index (Phi) is 3.06. The van der Waals surface area contributed by atoms with Crippen LogP contribution in [0.1, 0.15) is 10.7 Å². The monoisotopic (exact) mass is 286 g/mol. The van der Waals surface area contributed by atoms with Crippen LogP contribution in [-0.2, 0) is 13.6 Å². The van der Waals surface area contributed by atoms with Crippen LogP contribution in [0, 0.1) is 6.92 Å². The molecule has 2 heterocycles. The van der Waals surface area contributed by atoms with Gasteiger partial charge in [0.15, 0.2) is 0 Å². The molecule has 0 aliphatic rings. The van der Waals surface area contributed by atoms with Gasteiger partial charge in [0, 0.05) is 21.8 Å². The van der Waals surface area contributed by atoms with Crippen LogP contribution in [-0.4, -0.2) is 14.8 Å². The zero-order chi connectivity index (χ0) is 10.8. The van der Waals surface area contributed by atoms with Crippen molar-refractivity contribution in [2.24, 2.45) is 7.05 Å². The van der Waals surface area contributed by atoms with Gasteiger partial charge in [-0.2, -0.15) is 10.1 Å². The van der Waals surface area contributed by atoms with Crippen LogP contribution in [0.5, 0.6) is 0 Å². The summed E-state index contributed by atoms with van der Waals surface area (Å²) in [5.41, 5.74) is 0. The average molecular weight is 287 g/mol. The van der Waals surface area contributed by atoms with Gasteiger partial charge in [0.2, 0.25) is 5.95 Å². The zero-order valence-corrected chi connectivity index (χ0v) is 10.9. The first-order chi connectivity index (χ1) is 7.15. The van der Waals surface area contributed by atoms with Gasteiger partial charge in [-0.15, -0.1) is 11.3 Å².